The lowest BCUT2D eigenvalue weighted by molar-refractivity contribution is 0.289. The van der Waals surface area contributed by atoms with Crippen molar-refractivity contribution in [1.82, 2.24) is 5.32 Å². The molecule has 12 heavy (non-hydrogen) atoms. The molecule has 1 nitrogen and oxygen atoms in total. The molecule has 0 aromatic rings. The molecule has 0 amide bonds. The summed E-state index contributed by atoms with van der Waals surface area (Å²) in [6.45, 7) is 5.45. The van der Waals surface area contributed by atoms with Gasteiger partial charge in [0.15, 0.2) is 0 Å². The summed E-state index contributed by atoms with van der Waals surface area (Å²) in [5.74, 6) is 1.10. The molecule has 0 radical (unpaired) electrons. The lowest BCUT2D eigenvalue weighted by Gasteiger charge is -2.24. The second-order valence-electron chi connectivity index (χ2n) is 3.75. The van der Waals surface area contributed by atoms with E-state index in [1.807, 2.05) is 7.05 Å². The number of hydrogen-bond acceptors (Lipinski definition) is 1. The Morgan fingerprint density at radius 3 is 2.17 bits per heavy atom. The van der Waals surface area contributed by atoms with Crippen LogP contribution < -0.4 is 5.32 Å². The van der Waals surface area contributed by atoms with Crippen LogP contribution >= 0.6 is 0 Å². The second kappa shape index (κ2) is 9.05. The summed E-state index contributed by atoms with van der Waals surface area (Å²) in [5, 5.41) is 3.17. The minimum Gasteiger partial charge on any atom is -0.320 e. The van der Waals surface area contributed by atoms with Gasteiger partial charge in [-0.2, -0.15) is 0 Å². The van der Waals surface area contributed by atoms with Crippen molar-refractivity contribution < 1.29 is 0 Å². The Balaban J connectivity index is 0.000000354. The number of hydrogen-bond donors (Lipinski definition) is 1. The highest BCUT2D eigenvalue weighted by Crippen LogP contribution is 2.29. The molecule has 1 saturated carbocycles. The van der Waals surface area contributed by atoms with Gasteiger partial charge in [-0.3, -0.25) is 0 Å². The first-order valence-corrected chi connectivity index (χ1v) is 5.49. The third-order valence-corrected chi connectivity index (χ3v) is 2.26. The van der Waals surface area contributed by atoms with Gasteiger partial charge in [-0.25, -0.2) is 0 Å². The highest BCUT2D eigenvalue weighted by molar-refractivity contribution is 4.69. The zero-order valence-corrected chi connectivity index (χ0v) is 9.03. The Hall–Kier alpha value is -0.0400. The molecule has 0 heterocycles. The molecule has 0 aliphatic heterocycles. The first-order valence-electron chi connectivity index (χ1n) is 5.49. The SMILES string of the molecule is CCC.CNCCCC1CCC1. The van der Waals surface area contributed by atoms with E-state index in [-0.39, 0.29) is 0 Å². The Bertz CT molecular complexity index is 77.1. The Morgan fingerprint density at radius 2 is 1.83 bits per heavy atom. The third-order valence-electron chi connectivity index (χ3n) is 2.26. The monoisotopic (exact) mass is 171 g/mol. The fourth-order valence-corrected chi connectivity index (χ4v) is 1.35. The molecule has 0 unspecified atom stereocenters. The number of rotatable bonds is 4. The molecule has 1 aliphatic carbocycles. The summed E-state index contributed by atoms with van der Waals surface area (Å²) >= 11 is 0. The average Bonchev–Trinajstić information content (AvgIpc) is 1.96. The maximum absolute atomic E-state index is 3.17. The lowest BCUT2D eigenvalue weighted by atomic mass is 9.82. The maximum atomic E-state index is 3.17. The molecule has 1 rings (SSSR count). The van der Waals surface area contributed by atoms with Crippen LogP contribution in [0, 0.1) is 5.92 Å². The van der Waals surface area contributed by atoms with E-state index in [0.717, 1.165) is 5.92 Å². The van der Waals surface area contributed by atoms with Crippen molar-refractivity contribution in [2.75, 3.05) is 13.6 Å². The maximum Gasteiger partial charge on any atom is -0.00518 e. The van der Waals surface area contributed by atoms with Gasteiger partial charge in [0.25, 0.3) is 0 Å². The molecular formula is C11H25N. The fraction of sp³-hybridized carbons (Fsp3) is 1.00. The van der Waals surface area contributed by atoms with Crippen molar-refractivity contribution in [2.24, 2.45) is 5.92 Å². The summed E-state index contributed by atoms with van der Waals surface area (Å²) < 4.78 is 0. The normalized spacial score (nSPS) is 16.2. The van der Waals surface area contributed by atoms with Crippen LogP contribution in [0.25, 0.3) is 0 Å². The van der Waals surface area contributed by atoms with Gasteiger partial charge in [-0.15, -0.1) is 0 Å². The van der Waals surface area contributed by atoms with Crippen LogP contribution in [-0.2, 0) is 0 Å². The molecular weight excluding hydrogens is 146 g/mol. The molecule has 1 aliphatic rings. The van der Waals surface area contributed by atoms with Gasteiger partial charge in [0.05, 0.1) is 0 Å². The van der Waals surface area contributed by atoms with Crippen molar-refractivity contribution in [3.05, 3.63) is 0 Å². The van der Waals surface area contributed by atoms with Crippen LogP contribution in [0.3, 0.4) is 0 Å². The van der Waals surface area contributed by atoms with Crippen LogP contribution in [0.5, 0.6) is 0 Å². The number of nitrogens with one attached hydrogen (secondary N) is 1. The molecule has 1 N–H and O–H groups in total. The predicted molar refractivity (Wildman–Crippen MR) is 56.5 cm³/mol. The first kappa shape index (κ1) is 12.0. The Morgan fingerprint density at radius 1 is 1.25 bits per heavy atom. The van der Waals surface area contributed by atoms with E-state index in [9.17, 15) is 0 Å². The van der Waals surface area contributed by atoms with Gasteiger partial charge in [0.2, 0.25) is 0 Å². The van der Waals surface area contributed by atoms with E-state index in [1.54, 1.807) is 0 Å². The van der Waals surface area contributed by atoms with Crippen LogP contribution in [0.2, 0.25) is 0 Å². The van der Waals surface area contributed by atoms with Gasteiger partial charge in [0.1, 0.15) is 0 Å². The fourth-order valence-electron chi connectivity index (χ4n) is 1.35. The molecule has 74 valence electrons. The zero-order chi connectivity index (χ0) is 9.23. The first-order chi connectivity index (χ1) is 5.85. The zero-order valence-electron chi connectivity index (χ0n) is 9.03. The summed E-state index contributed by atoms with van der Waals surface area (Å²) in [6, 6.07) is 0. The largest absolute Gasteiger partial charge is 0.320 e. The van der Waals surface area contributed by atoms with Crippen molar-refractivity contribution in [1.29, 1.82) is 0 Å². The summed E-state index contributed by atoms with van der Waals surface area (Å²) in [7, 11) is 2.03. The van der Waals surface area contributed by atoms with E-state index in [2.05, 4.69) is 19.2 Å². The van der Waals surface area contributed by atoms with E-state index in [0.29, 0.717) is 0 Å². The van der Waals surface area contributed by atoms with Crippen molar-refractivity contribution in [2.45, 2.75) is 52.4 Å². The van der Waals surface area contributed by atoms with Crippen LogP contribution in [0.4, 0.5) is 0 Å². The average molecular weight is 171 g/mol. The minimum atomic E-state index is 1.10. The van der Waals surface area contributed by atoms with Crippen LogP contribution in [-0.4, -0.2) is 13.6 Å². The Labute approximate surface area is 77.9 Å². The van der Waals surface area contributed by atoms with Crippen molar-refractivity contribution in [3.63, 3.8) is 0 Å². The summed E-state index contributed by atoms with van der Waals surface area (Å²) in [6.07, 6.45) is 8.58. The smallest absolute Gasteiger partial charge is 0.00518 e. The van der Waals surface area contributed by atoms with Gasteiger partial charge in [-0.05, 0) is 32.4 Å². The van der Waals surface area contributed by atoms with Gasteiger partial charge in [-0.1, -0.05) is 39.5 Å². The second-order valence-corrected chi connectivity index (χ2v) is 3.75. The molecule has 0 atom stereocenters. The van der Waals surface area contributed by atoms with Crippen LogP contribution in [0.15, 0.2) is 0 Å². The van der Waals surface area contributed by atoms with E-state index in [1.165, 1.54) is 45.1 Å². The van der Waals surface area contributed by atoms with E-state index < -0.39 is 0 Å². The highest BCUT2D eigenvalue weighted by Gasteiger charge is 2.15. The topological polar surface area (TPSA) is 12.0 Å². The standard InChI is InChI=1S/C8H17N.C3H8/c1-9-7-3-6-8-4-2-5-8;1-3-2/h8-9H,2-7H2,1H3;3H2,1-2H3. The third kappa shape index (κ3) is 6.66. The molecule has 1 heteroatoms. The Kier molecular flexibility index (Phi) is 9.02. The van der Waals surface area contributed by atoms with E-state index >= 15 is 0 Å². The highest BCUT2D eigenvalue weighted by atomic mass is 14.8. The van der Waals surface area contributed by atoms with Crippen molar-refractivity contribution >= 4 is 0 Å². The molecule has 0 bridgehead atoms. The lowest BCUT2D eigenvalue weighted by Crippen LogP contribution is -2.14. The van der Waals surface area contributed by atoms with Gasteiger partial charge in [0, 0.05) is 0 Å². The molecule has 0 saturated heterocycles. The summed E-state index contributed by atoms with van der Waals surface area (Å²) in [5.41, 5.74) is 0. The van der Waals surface area contributed by atoms with Crippen molar-refractivity contribution in [3.8, 4) is 0 Å². The predicted octanol–water partition coefficient (Wildman–Crippen LogP) is 3.20. The van der Waals surface area contributed by atoms with E-state index in [4.69, 9.17) is 0 Å². The molecule has 0 aromatic heterocycles. The van der Waals surface area contributed by atoms with Gasteiger partial charge < -0.3 is 5.32 Å². The van der Waals surface area contributed by atoms with Crippen LogP contribution in [0.1, 0.15) is 52.4 Å². The summed E-state index contributed by atoms with van der Waals surface area (Å²) in [4.78, 5) is 0. The molecule has 0 spiro atoms. The van der Waals surface area contributed by atoms with Gasteiger partial charge >= 0.3 is 0 Å². The quantitative estimate of drug-likeness (QED) is 0.640. The minimum absolute atomic E-state index is 1.10. The molecule has 0 aromatic carbocycles. The molecule has 1 fully saturated rings.